The lowest BCUT2D eigenvalue weighted by Gasteiger charge is -2.29. The summed E-state index contributed by atoms with van der Waals surface area (Å²) in [5.74, 6) is -7.24. The molecule has 3 aromatic rings. The molecule has 9 nitrogen and oxygen atoms in total. The van der Waals surface area contributed by atoms with Crippen molar-refractivity contribution in [3.8, 4) is 0 Å². The fourth-order valence-electron chi connectivity index (χ4n) is 4.74. The second-order valence-electron chi connectivity index (χ2n) is 13.1. The van der Waals surface area contributed by atoms with Crippen LogP contribution in [0.15, 0.2) is 42.5 Å². The molecule has 4 amide bonds. The van der Waals surface area contributed by atoms with Gasteiger partial charge in [0.25, 0.3) is 5.91 Å². The number of hydrogen-bond acceptors (Lipinski definition) is 6. The fourth-order valence-corrected chi connectivity index (χ4v) is 6.35. The van der Waals surface area contributed by atoms with E-state index in [1.165, 1.54) is 65.8 Å². The van der Waals surface area contributed by atoms with Gasteiger partial charge < -0.3 is 20.1 Å². The molecule has 3 aromatic carbocycles. The van der Waals surface area contributed by atoms with Gasteiger partial charge in [-0.25, -0.2) is 22.8 Å². The maximum absolute atomic E-state index is 16.0. The van der Waals surface area contributed by atoms with Gasteiger partial charge in [0.15, 0.2) is 11.6 Å². The zero-order chi connectivity index (χ0) is 37.7. The third-order valence-corrected chi connectivity index (χ3v) is 8.84. The maximum Gasteiger partial charge on any atom is 0.424 e. The highest BCUT2D eigenvalue weighted by Crippen LogP contribution is 2.65. The highest BCUT2D eigenvalue weighted by atomic mass is 35.5. The van der Waals surface area contributed by atoms with E-state index in [0.29, 0.717) is 11.6 Å². The Morgan fingerprint density at radius 3 is 1.84 bits per heavy atom. The SMILES string of the molecule is CC(C)(C)OC(=O)N(C(=O)OC(C)(C)C)c1c(F)ccc(NC(=O)c2c(Cl)ccc(NC(=O)[C@H]3[C@H](c4ccc(F)c(Cl)c4)C3(Cl)Cl)c2Cl)c1F. The van der Waals surface area contributed by atoms with E-state index < -0.39 is 85.8 Å². The van der Waals surface area contributed by atoms with E-state index in [1.807, 2.05) is 0 Å². The van der Waals surface area contributed by atoms with Gasteiger partial charge in [-0.15, -0.1) is 23.2 Å². The number of hydrogen-bond donors (Lipinski definition) is 2. The topological polar surface area (TPSA) is 114 Å². The monoisotopic (exact) mass is 795 g/mol. The molecule has 0 bridgehead atoms. The van der Waals surface area contributed by atoms with Crippen LogP contribution in [0.1, 0.15) is 63.4 Å². The maximum atomic E-state index is 16.0. The molecule has 1 aliphatic rings. The molecule has 1 fully saturated rings. The first kappa shape index (κ1) is 39.4. The standard InChI is InChI=1S/C33H29Cl5F3N3O6/c1-31(2,3)49-29(47)44(30(48)50-32(4,5)6)26-18(40)10-12-20(25(26)41)43-27(45)21-15(34)8-11-19(24(21)36)42-28(46)23-22(33(23,37)38)14-7-9-17(39)16(35)13-14/h7-13,22-23H,1-6H3,(H,42,46)(H,43,45)/t22-,23+/m0/s1. The van der Waals surface area contributed by atoms with Crippen LogP contribution in [0.3, 0.4) is 0 Å². The number of benzene rings is 3. The van der Waals surface area contributed by atoms with Crippen LogP contribution in [0.25, 0.3) is 0 Å². The number of imide groups is 1. The number of rotatable bonds is 6. The predicted octanol–water partition coefficient (Wildman–Crippen LogP) is 10.5. The summed E-state index contributed by atoms with van der Waals surface area (Å²) in [6.07, 6.45) is -2.92. The highest BCUT2D eigenvalue weighted by molar-refractivity contribution is 6.53. The number of halogens is 8. The lowest BCUT2D eigenvalue weighted by molar-refractivity contribution is -0.117. The molecular formula is C33H29Cl5F3N3O6. The third kappa shape index (κ3) is 8.54. The van der Waals surface area contributed by atoms with Crippen LogP contribution < -0.4 is 15.5 Å². The van der Waals surface area contributed by atoms with Crippen molar-refractivity contribution < 1.29 is 41.8 Å². The summed E-state index contributed by atoms with van der Waals surface area (Å²) in [6, 6.07) is 7.82. The van der Waals surface area contributed by atoms with Gasteiger partial charge in [0.05, 0.1) is 37.9 Å². The van der Waals surface area contributed by atoms with Gasteiger partial charge >= 0.3 is 12.2 Å². The van der Waals surface area contributed by atoms with Crippen molar-refractivity contribution in [1.82, 2.24) is 0 Å². The molecule has 2 atom stereocenters. The van der Waals surface area contributed by atoms with Gasteiger partial charge in [-0.2, -0.15) is 4.90 Å². The minimum atomic E-state index is -1.59. The van der Waals surface area contributed by atoms with Gasteiger partial charge in [0, 0.05) is 5.92 Å². The second-order valence-corrected chi connectivity index (χ2v) is 15.7. The number of carbonyl (C=O) groups excluding carboxylic acids is 4. The second kappa shape index (κ2) is 14.3. The molecule has 1 saturated carbocycles. The Labute approximate surface area is 310 Å². The summed E-state index contributed by atoms with van der Waals surface area (Å²) >= 11 is 31.4. The van der Waals surface area contributed by atoms with Crippen LogP contribution >= 0.6 is 58.0 Å². The number of ether oxygens (including phenoxy) is 2. The van der Waals surface area contributed by atoms with Crippen molar-refractivity contribution >= 4 is 99.1 Å². The molecule has 0 saturated heterocycles. The molecule has 17 heteroatoms. The van der Waals surface area contributed by atoms with Gasteiger partial charge in [0.1, 0.15) is 27.0 Å². The fraction of sp³-hybridized carbons (Fsp3) is 0.333. The van der Waals surface area contributed by atoms with E-state index in [-0.39, 0.29) is 25.7 Å². The van der Waals surface area contributed by atoms with Crippen LogP contribution in [-0.4, -0.2) is 39.5 Å². The number of nitrogens with zero attached hydrogens (tertiary/aromatic N) is 1. The zero-order valence-electron chi connectivity index (χ0n) is 27.1. The number of amides is 4. The van der Waals surface area contributed by atoms with E-state index >= 15 is 8.78 Å². The largest absolute Gasteiger partial charge is 0.443 e. The molecular weight excluding hydrogens is 769 g/mol. The van der Waals surface area contributed by atoms with Crippen LogP contribution in [0.2, 0.25) is 15.1 Å². The summed E-state index contributed by atoms with van der Waals surface area (Å²) in [5, 5.41) is 3.91. The van der Waals surface area contributed by atoms with Crippen LogP contribution in [0, 0.1) is 23.4 Å². The summed E-state index contributed by atoms with van der Waals surface area (Å²) in [7, 11) is 0. The number of anilines is 3. The summed E-state index contributed by atoms with van der Waals surface area (Å²) in [6.45, 7) is 8.82. The summed E-state index contributed by atoms with van der Waals surface area (Å²) in [5.41, 5.74) is -4.41. The highest BCUT2D eigenvalue weighted by Gasteiger charge is 2.67. The molecule has 0 unspecified atom stereocenters. The molecule has 4 rings (SSSR count). The third-order valence-electron chi connectivity index (χ3n) is 6.91. The van der Waals surface area contributed by atoms with Gasteiger partial charge in [-0.05, 0) is 83.5 Å². The number of carbonyl (C=O) groups is 4. The Bertz CT molecular complexity index is 1870. The molecule has 0 aromatic heterocycles. The van der Waals surface area contributed by atoms with Crippen LogP contribution in [0.5, 0.6) is 0 Å². The van der Waals surface area contributed by atoms with Crippen molar-refractivity contribution in [2.75, 3.05) is 15.5 Å². The average Bonchev–Trinajstić information content (AvgIpc) is 3.55. The molecule has 2 N–H and O–H groups in total. The minimum absolute atomic E-state index is 0.0335. The van der Waals surface area contributed by atoms with Crippen molar-refractivity contribution in [3.63, 3.8) is 0 Å². The molecule has 0 spiro atoms. The van der Waals surface area contributed by atoms with Gasteiger partial charge in [-0.1, -0.05) is 40.9 Å². The van der Waals surface area contributed by atoms with Crippen molar-refractivity contribution in [2.45, 2.75) is 63.0 Å². The quantitative estimate of drug-likeness (QED) is 0.240. The first-order valence-corrected chi connectivity index (χ1v) is 16.5. The Hall–Kier alpha value is -3.42. The Kier molecular flexibility index (Phi) is 11.3. The van der Waals surface area contributed by atoms with Crippen LogP contribution in [-0.2, 0) is 14.3 Å². The number of alkyl halides is 2. The number of nitrogens with one attached hydrogen (secondary N) is 2. The van der Waals surface area contributed by atoms with E-state index in [0.717, 1.165) is 12.1 Å². The first-order chi connectivity index (χ1) is 22.9. The molecule has 0 radical (unpaired) electrons. The Morgan fingerprint density at radius 2 is 1.30 bits per heavy atom. The summed E-state index contributed by atoms with van der Waals surface area (Å²) < 4.78 is 53.7. The Balaban J connectivity index is 1.64. The molecule has 0 heterocycles. The smallest absolute Gasteiger partial charge is 0.424 e. The molecule has 1 aliphatic carbocycles. The van der Waals surface area contributed by atoms with Gasteiger partial charge in [-0.3, -0.25) is 9.59 Å². The van der Waals surface area contributed by atoms with E-state index in [1.54, 1.807) is 0 Å². The van der Waals surface area contributed by atoms with E-state index in [9.17, 15) is 23.6 Å². The molecule has 268 valence electrons. The molecule has 0 aliphatic heterocycles. The van der Waals surface area contributed by atoms with Crippen molar-refractivity contribution in [1.29, 1.82) is 0 Å². The first-order valence-electron chi connectivity index (χ1n) is 14.6. The predicted molar refractivity (Wildman–Crippen MR) is 186 cm³/mol. The van der Waals surface area contributed by atoms with Crippen molar-refractivity contribution in [3.05, 3.63) is 86.1 Å². The molecule has 50 heavy (non-hydrogen) atoms. The normalized spacial score (nSPS) is 16.7. The lowest BCUT2D eigenvalue weighted by atomic mass is 10.1. The van der Waals surface area contributed by atoms with Gasteiger partial charge in [0.2, 0.25) is 5.91 Å². The summed E-state index contributed by atoms with van der Waals surface area (Å²) in [4.78, 5) is 52.9. The van der Waals surface area contributed by atoms with Crippen molar-refractivity contribution in [2.24, 2.45) is 5.92 Å². The Morgan fingerprint density at radius 1 is 0.760 bits per heavy atom. The lowest BCUT2D eigenvalue weighted by Crippen LogP contribution is -2.44. The van der Waals surface area contributed by atoms with E-state index in [4.69, 9.17) is 67.5 Å². The zero-order valence-corrected chi connectivity index (χ0v) is 30.9. The van der Waals surface area contributed by atoms with E-state index in [2.05, 4.69) is 10.6 Å². The minimum Gasteiger partial charge on any atom is -0.443 e. The van der Waals surface area contributed by atoms with Crippen LogP contribution in [0.4, 0.5) is 39.8 Å². The average molecular weight is 798 g/mol.